The van der Waals surface area contributed by atoms with Gasteiger partial charge in [0.2, 0.25) is 0 Å². The van der Waals surface area contributed by atoms with Gasteiger partial charge >= 0.3 is 12.1 Å². The Labute approximate surface area is 110 Å². The van der Waals surface area contributed by atoms with Crippen molar-refractivity contribution in [1.82, 2.24) is 9.78 Å². The summed E-state index contributed by atoms with van der Waals surface area (Å²) in [6.07, 6.45) is -3.81. The van der Waals surface area contributed by atoms with Gasteiger partial charge in [-0.2, -0.15) is 18.3 Å². The van der Waals surface area contributed by atoms with Gasteiger partial charge in [0.15, 0.2) is 0 Å². The molecule has 4 nitrogen and oxygen atoms in total. The van der Waals surface area contributed by atoms with E-state index in [9.17, 15) is 22.4 Å². The number of nitrogens with zero attached hydrogens (tertiary/aromatic N) is 2. The first-order valence-electron chi connectivity index (χ1n) is 5.34. The number of rotatable bonds is 2. The highest BCUT2D eigenvalue weighted by Crippen LogP contribution is 2.38. The molecule has 1 heterocycles. The number of carboxylic acid groups (broad SMARTS) is 1. The third-order valence-corrected chi connectivity index (χ3v) is 2.71. The zero-order valence-electron chi connectivity index (χ0n) is 10.1. The summed E-state index contributed by atoms with van der Waals surface area (Å²) in [6, 6.07) is 1.89. The molecule has 8 heteroatoms. The van der Waals surface area contributed by atoms with Crippen LogP contribution in [0.1, 0.15) is 15.9 Å². The van der Waals surface area contributed by atoms with Gasteiger partial charge in [-0.3, -0.25) is 4.68 Å². The van der Waals surface area contributed by atoms with Gasteiger partial charge in [0.05, 0.1) is 17.5 Å². The van der Waals surface area contributed by atoms with Crippen molar-refractivity contribution in [2.75, 3.05) is 0 Å². The Kier molecular flexibility index (Phi) is 3.24. The highest BCUT2D eigenvalue weighted by molar-refractivity contribution is 5.95. The first-order valence-corrected chi connectivity index (χ1v) is 5.34. The van der Waals surface area contributed by atoms with E-state index in [-0.39, 0.29) is 5.69 Å². The predicted octanol–water partition coefficient (Wildman–Crippen LogP) is 2.94. The highest BCUT2D eigenvalue weighted by atomic mass is 19.4. The third kappa shape index (κ3) is 2.36. The summed E-state index contributed by atoms with van der Waals surface area (Å²) in [5, 5.41) is 12.6. The van der Waals surface area contributed by atoms with E-state index in [4.69, 9.17) is 5.11 Å². The van der Waals surface area contributed by atoms with Crippen molar-refractivity contribution in [1.29, 1.82) is 0 Å². The monoisotopic (exact) mass is 288 g/mol. The van der Waals surface area contributed by atoms with E-state index in [1.807, 2.05) is 0 Å². The average Bonchev–Trinajstić information content (AvgIpc) is 2.69. The first-order chi connectivity index (χ1) is 9.21. The molecule has 0 amide bonds. The fourth-order valence-electron chi connectivity index (χ4n) is 1.87. The van der Waals surface area contributed by atoms with Gasteiger partial charge in [-0.1, -0.05) is 0 Å². The largest absolute Gasteiger partial charge is 0.478 e. The molecule has 0 unspecified atom stereocenters. The minimum absolute atomic E-state index is 0.302. The lowest BCUT2D eigenvalue weighted by Gasteiger charge is -2.13. The molecule has 0 aliphatic carbocycles. The number of alkyl halides is 3. The van der Waals surface area contributed by atoms with Gasteiger partial charge in [-0.25, -0.2) is 9.18 Å². The quantitative estimate of drug-likeness (QED) is 0.864. The van der Waals surface area contributed by atoms with E-state index in [0.29, 0.717) is 18.2 Å². The summed E-state index contributed by atoms with van der Waals surface area (Å²) in [5.41, 5.74) is -2.41. The standard InChI is InChI=1S/C12H8F4N2O2/c1-18-10(8(5-17-18)11(19)20)7-4-6(13)2-3-9(7)12(14,15)16/h2-5H,1H3,(H,19,20). The molecule has 0 spiro atoms. The Morgan fingerprint density at radius 1 is 1.35 bits per heavy atom. The fourth-order valence-corrected chi connectivity index (χ4v) is 1.87. The molecule has 0 fully saturated rings. The van der Waals surface area contributed by atoms with Gasteiger partial charge in [0.1, 0.15) is 11.4 Å². The van der Waals surface area contributed by atoms with Gasteiger partial charge in [-0.15, -0.1) is 0 Å². The number of carboxylic acids is 1. The molecular formula is C12H8F4N2O2. The van der Waals surface area contributed by atoms with Crippen molar-refractivity contribution in [3.05, 3.63) is 41.3 Å². The van der Waals surface area contributed by atoms with Crippen molar-refractivity contribution in [2.45, 2.75) is 6.18 Å². The van der Waals surface area contributed by atoms with Crippen LogP contribution in [0.4, 0.5) is 17.6 Å². The number of halogens is 4. The van der Waals surface area contributed by atoms with E-state index >= 15 is 0 Å². The normalized spacial score (nSPS) is 11.7. The van der Waals surface area contributed by atoms with E-state index < -0.39 is 34.7 Å². The molecule has 0 atom stereocenters. The average molecular weight is 288 g/mol. The van der Waals surface area contributed by atoms with E-state index in [1.54, 1.807) is 0 Å². The molecule has 0 radical (unpaired) electrons. The zero-order valence-corrected chi connectivity index (χ0v) is 10.1. The lowest BCUT2D eigenvalue weighted by molar-refractivity contribution is -0.137. The summed E-state index contributed by atoms with van der Waals surface area (Å²) < 4.78 is 53.0. The van der Waals surface area contributed by atoms with Crippen molar-refractivity contribution in [3.63, 3.8) is 0 Å². The second kappa shape index (κ2) is 4.62. The smallest absolute Gasteiger partial charge is 0.417 e. The maximum atomic E-state index is 13.2. The molecule has 0 aliphatic heterocycles. The fraction of sp³-hybridized carbons (Fsp3) is 0.167. The maximum absolute atomic E-state index is 13.2. The maximum Gasteiger partial charge on any atom is 0.417 e. The Morgan fingerprint density at radius 3 is 2.55 bits per heavy atom. The summed E-state index contributed by atoms with van der Waals surface area (Å²) in [6.45, 7) is 0. The number of aryl methyl sites for hydroxylation is 1. The van der Waals surface area contributed by atoms with Crippen LogP contribution in [0.5, 0.6) is 0 Å². The molecule has 0 aliphatic rings. The molecule has 1 N–H and O–H groups in total. The van der Waals surface area contributed by atoms with E-state index in [0.717, 1.165) is 10.9 Å². The van der Waals surface area contributed by atoms with E-state index in [2.05, 4.69) is 5.10 Å². The zero-order chi connectivity index (χ0) is 15.1. The lowest BCUT2D eigenvalue weighted by atomic mass is 10.0. The topological polar surface area (TPSA) is 55.1 Å². The lowest BCUT2D eigenvalue weighted by Crippen LogP contribution is -2.10. The number of aromatic carboxylic acids is 1. The predicted molar refractivity (Wildman–Crippen MR) is 60.6 cm³/mol. The van der Waals surface area contributed by atoms with Crippen molar-refractivity contribution < 1.29 is 27.5 Å². The van der Waals surface area contributed by atoms with Gasteiger partial charge in [0.25, 0.3) is 0 Å². The van der Waals surface area contributed by atoms with Crippen LogP contribution in [-0.4, -0.2) is 20.9 Å². The minimum Gasteiger partial charge on any atom is -0.478 e. The van der Waals surface area contributed by atoms with Crippen LogP contribution < -0.4 is 0 Å². The molecule has 0 bridgehead atoms. The van der Waals surface area contributed by atoms with Gasteiger partial charge in [-0.05, 0) is 18.2 Å². The molecule has 20 heavy (non-hydrogen) atoms. The first kappa shape index (κ1) is 14.0. The molecule has 2 aromatic rings. The van der Waals surface area contributed by atoms with E-state index in [1.165, 1.54) is 7.05 Å². The van der Waals surface area contributed by atoms with Crippen LogP contribution in [0.15, 0.2) is 24.4 Å². The highest BCUT2D eigenvalue weighted by Gasteiger charge is 2.35. The molecule has 2 rings (SSSR count). The molecule has 0 saturated carbocycles. The second-order valence-electron chi connectivity index (χ2n) is 4.02. The van der Waals surface area contributed by atoms with Crippen LogP contribution in [0.2, 0.25) is 0 Å². The second-order valence-corrected chi connectivity index (χ2v) is 4.02. The molecule has 1 aromatic carbocycles. The van der Waals surface area contributed by atoms with Crippen LogP contribution in [0.3, 0.4) is 0 Å². The Hall–Kier alpha value is -2.38. The Balaban J connectivity index is 2.79. The van der Waals surface area contributed by atoms with Crippen LogP contribution >= 0.6 is 0 Å². The minimum atomic E-state index is -4.73. The number of carbonyl (C=O) groups is 1. The summed E-state index contributed by atoms with van der Waals surface area (Å²) >= 11 is 0. The van der Waals surface area contributed by atoms with Crippen molar-refractivity contribution >= 4 is 5.97 Å². The molecule has 0 saturated heterocycles. The van der Waals surface area contributed by atoms with Crippen molar-refractivity contribution in [3.8, 4) is 11.3 Å². The number of hydrogen-bond donors (Lipinski definition) is 1. The molecular weight excluding hydrogens is 280 g/mol. The van der Waals surface area contributed by atoms with Gasteiger partial charge < -0.3 is 5.11 Å². The van der Waals surface area contributed by atoms with Crippen LogP contribution in [-0.2, 0) is 13.2 Å². The molecule has 106 valence electrons. The molecule has 1 aromatic heterocycles. The SMILES string of the molecule is Cn1ncc(C(=O)O)c1-c1cc(F)ccc1C(F)(F)F. The van der Waals surface area contributed by atoms with Crippen molar-refractivity contribution in [2.24, 2.45) is 7.05 Å². The summed E-state index contributed by atoms with van der Waals surface area (Å²) in [4.78, 5) is 11.0. The summed E-state index contributed by atoms with van der Waals surface area (Å²) in [5.74, 6) is -2.34. The third-order valence-electron chi connectivity index (χ3n) is 2.71. The number of hydrogen-bond acceptors (Lipinski definition) is 2. The Bertz CT molecular complexity index is 677. The van der Waals surface area contributed by atoms with Crippen LogP contribution in [0, 0.1) is 5.82 Å². The van der Waals surface area contributed by atoms with Gasteiger partial charge in [0, 0.05) is 12.6 Å². The number of benzene rings is 1. The Morgan fingerprint density at radius 2 is 2.00 bits per heavy atom. The summed E-state index contributed by atoms with van der Waals surface area (Å²) in [7, 11) is 1.28. The van der Waals surface area contributed by atoms with Crippen LogP contribution in [0.25, 0.3) is 11.3 Å². The number of aromatic nitrogens is 2.